The highest BCUT2D eigenvalue weighted by atomic mass is 35.5. The summed E-state index contributed by atoms with van der Waals surface area (Å²) < 4.78 is 19.9. The number of thioether (sulfide) groups is 1. The summed E-state index contributed by atoms with van der Waals surface area (Å²) in [6.45, 7) is 8.58. The van der Waals surface area contributed by atoms with E-state index in [-0.39, 0.29) is 27.6 Å². The predicted octanol–water partition coefficient (Wildman–Crippen LogP) is 9.40. The molecule has 0 radical (unpaired) electrons. The van der Waals surface area contributed by atoms with Gasteiger partial charge in [-0.25, -0.2) is 9.18 Å². The van der Waals surface area contributed by atoms with E-state index in [2.05, 4.69) is 36.7 Å². The zero-order valence-electron chi connectivity index (χ0n) is 29.6. The van der Waals surface area contributed by atoms with Crippen LogP contribution >= 0.6 is 34.7 Å². The molecule has 2 atom stereocenters. The van der Waals surface area contributed by atoms with E-state index in [1.165, 1.54) is 54.5 Å². The Bertz CT molecular complexity index is 1990. The Kier molecular flexibility index (Phi) is 12.6. The second kappa shape index (κ2) is 16.9. The second-order valence-electron chi connectivity index (χ2n) is 13.5. The second-order valence-corrected chi connectivity index (χ2v) is 16.3. The van der Waals surface area contributed by atoms with Crippen molar-refractivity contribution in [3.05, 3.63) is 116 Å². The molecular weight excluding hydrogens is 721 g/mol. The quantitative estimate of drug-likeness (QED) is 0.0798. The monoisotopic (exact) mass is 761 g/mol. The normalized spacial score (nSPS) is 14.9. The Morgan fingerprint density at radius 3 is 2.44 bits per heavy atom. The largest absolute Gasteiger partial charge is 0.465 e. The number of fused-ring (bicyclic) bond motifs is 1. The molecule has 3 N–H and O–H groups in total. The van der Waals surface area contributed by atoms with Gasteiger partial charge in [0, 0.05) is 26.6 Å². The van der Waals surface area contributed by atoms with Crippen molar-refractivity contribution in [3.63, 3.8) is 0 Å². The number of thiophene rings is 1. The SMILES string of the molecule is CCC(Sc1cccc(NC(=O)/C(=C\c2c(F)cccc2Cl)NC(=O)c2ccccc2)c1)C(=O)Nc1sc2c(c1C(=O)OC)CCC(C(C)(C)C)C2. The lowest BCUT2D eigenvalue weighted by atomic mass is 9.72. The van der Waals surface area contributed by atoms with E-state index in [9.17, 15) is 23.6 Å². The first kappa shape index (κ1) is 38.8. The molecule has 1 aromatic heterocycles. The average molecular weight is 762 g/mol. The molecule has 272 valence electrons. The molecule has 0 saturated carbocycles. The number of carbonyl (C=O) groups is 4. The van der Waals surface area contributed by atoms with Gasteiger partial charge in [0.15, 0.2) is 0 Å². The lowest BCUT2D eigenvalue weighted by Crippen LogP contribution is -2.30. The Morgan fingerprint density at radius 1 is 1.04 bits per heavy atom. The highest BCUT2D eigenvalue weighted by Crippen LogP contribution is 2.45. The van der Waals surface area contributed by atoms with E-state index in [4.69, 9.17) is 16.3 Å². The minimum atomic E-state index is -0.707. The van der Waals surface area contributed by atoms with Crippen LogP contribution in [0.5, 0.6) is 0 Å². The van der Waals surface area contributed by atoms with Gasteiger partial charge in [0.25, 0.3) is 11.8 Å². The summed E-state index contributed by atoms with van der Waals surface area (Å²) in [5.74, 6) is -2.19. The third-order valence-corrected chi connectivity index (χ3v) is 11.8. The minimum Gasteiger partial charge on any atom is -0.465 e. The number of hydrogen-bond acceptors (Lipinski definition) is 7. The van der Waals surface area contributed by atoms with Gasteiger partial charge in [0.2, 0.25) is 5.91 Å². The summed E-state index contributed by atoms with van der Waals surface area (Å²) >= 11 is 9.01. The summed E-state index contributed by atoms with van der Waals surface area (Å²) in [7, 11) is 1.35. The molecule has 8 nitrogen and oxygen atoms in total. The van der Waals surface area contributed by atoms with E-state index in [1.807, 2.05) is 13.0 Å². The number of esters is 1. The molecule has 1 aliphatic rings. The van der Waals surface area contributed by atoms with Crippen LogP contribution in [0.25, 0.3) is 6.08 Å². The van der Waals surface area contributed by atoms with Gasteiger partial charge in [0.1, 0.15) is 16.5 Å². The molecule has 0 aliphatic heterocycles. The molecule has 0 fully saturated rings. The molecule has 1 heterocycles. The van der Waals surface area contributed by atoms with Crippen molar-refractivity contribution in [1.82, 2.24) is 5.32 Å². The summed E-state index contributed by atoms with van der Waals surface area (Å²) in [5, 5.41) is 8.44. The van der Waals surface area contributed by atoms with Gasteiger partial charge in [-0.05, 0) is 91.1 Å². The van der Waals surface area contributed by atoms with Crippen molar-refractivity contribution in [2.24, 2.45) is 11.3 Å². The molecule has 0 spiro atoms. The Balaban J connectivity index is 1.34. The molecule has 5 rings (SSSR count). The molecule has 3 aromatic carbocycles. The van der Waals surface area contributed by atoms with Crippen molar-refractivity contribution >= 4 is 75.2 Å². The molecule has 12 heteroatoms. The van der Waals surface area contributed by atoms with E-state index in [0.717, 1.165) is 29.7 Å². The van der Waals surface area contributed by atoms with Crippen LogP contribution < -0.4 is 16.0 Å². The number of anilines is 2. The number of methoxy groups -OCH3 is 1. The molecular formula is C40H41ClFN3O5S2. The van der Waals surface area contributed by atoms with E-state index >= 15 is 0 Å². The van der Waals surface area contributed by atoms with Gasteiger partial charge in [-0.3, -0.25) is 14.4 Å². The Morgan fingerprint density at radius 2 is 1.77 bits per heavy atom. The lowest BCUT2D eigenvalue weighted by molar-refractivity contribution is -0.116. The highest BCUT2D eigenvalue weighted by molar-refractivity contribution is 8.00. The Labute approximate surface area is 316 Å². The summed E-state index contributed by atoms with van der Waals surface area (Å²) in [6, 6.07) is 19.4. The number of nitrogens with one attached hydrogen (secondary N) is 3. The van der Waals surface area contributed by atoms with Crippen LogP contribution in [0.4, 0.5) is 15.1 Å². The first-order chi connectivity index (χ1) is 24.8. The molecule has 1 aliphatic carbocycles. The van der Waals surface area contributed by atoms with E-state index < -0.39 is 28.9 Å². The molecule has 3 amide bonds. The van der Waals surface area contributed by atoms with Crippen molar-refractivity contribution in [2.45, 2.75) is 63.5 Å². The standard InChI is InChI=1S/C40H41ClFN3O5S2/c1-6-32(37(48)45-38-34(39(49)50-5)27-19-18-24(40(2,3)4)20-33(27)52-38)51-26-15-10-14-25(21-26)43-36(47)31(22-28-29(41)16-11-17-30(28)42)44-35(46)23-12-8-7-9-13-23/h7-17,21-22,24,32H,6,18-20H2,1-5H3,(H,43,47)(H,44,46)(H,45,48)/b31-22+. The fraction of sp³-hybridized carbons (Fsp3) is 0.300. The van der Waals surface area contributed by atoms with Crippen LogP contribution in [0.1, 0.15) is 77.3 Å². The number of amides is 3. The van der Waals surface area contributed by atoms with Crippen molar-refractivity contribution in [2.75, 3.05) is 17.7 Å². The van der Waals surface area contributed by atoms with Gasteiger partial charge in [-0.15, -0.1) is 23.1 Å². The molecule has 0 bridgehead atoms. The lowest BCUT2D eigenvalue weighted by Gasteiger charge is -2.33. The van der Waals surface area contributed by atoms with Gasteiger partial charge in [-0.1, -0.05) is 69.6 Å². The third kappa shape index (κ3) is 9.31. The Hall–Kier alpha value is -4.45. The third-order valence-electron chi connectivity index (χ3n) is 8.97. The van der Waals surface area contributed by atoms with Crippen LogP contribution in [0.15, 0.2) is 83.4 Å². The minimum absolute atomic E-state index is 0.0558. The van der Waals surface area contributed by atoms with Crippen molar-refractivity contribution in [3.8, 4) is 0 Å². The van der Waals surface area contributed by atoms with Crippen molar-refractivity contribution < 1.29 is 28.3 Å². The maximum atomic E-state index is 14.7. The van der Waals surface area contributed by atoms with Crippen LogP contribution in [0, 0.1) is 17.2 Å². The van der Waals surface area contributed by atoms with Gasteiger partial charge < -0.3 is 20.7 Å². The number of rotatable bonds is 11. The van der Waals surface area contributed by atoms with E-state index in [1.54, 1.807) is 48.5 Å². The fourth-order valence-corrected chi connectivity index (χ4v) is 8.54. The number of ether oxygens (including phenoxy) is 1. The number of halogens is 2. The predicted molar refractivity (Wildman–Crippen MR) is 208 cm³/mol. The van der Waals surface area contributed by atoms with Crippen LogP contribution in [0.3, 0.4) is 0 Å². The first-order valence-corrected chi connectivity index (χ1v) is 19.0. The summed E-state index contributed by atoms with van der Waals surface area (Å²) in [5.41, 5.74) is 1.93. The van der Waals surface area contributed by atoms with Gasteiger partial charge >= 0.3 is 5.97 Å². The maximum Gasteiger partial charge on any atom is 0.341 e. The smallest absolute Gasteiger partial charge is 0.341 e. The van der Waals surface area contributed by atoms with Crippen LogP contribution in [0.2, 0.25) is 5.02 Å². The maximum absolute atomic E-state index is 14.7. The summed E-state index contributed by atoms with van der Waals surface area (Å²) in [6.07, 6.45) is 4.23. The fourth-order valence-electron chi connectivity index (χ4n) is 5.99. The van der Waals surface area contributed by atoms with Gasteiger partial charge in [0.05, 0.1) is 22.9 Å². The topological polar surface area (TPSA) is 114 Å². The van der Waals surface area contributed by atoms with Crippen molar-refractivity contribution in [1.29, 1.82) is 0 Å². The van der Waals surface area contributed by atoms with Crippen LogP contribution in [-0.4, -0.2) is 36.1 Å². The first-order valence-electron chi connectivity index (χ1n) is 16.9. The molecule has 2 unspecified atom stereocenters. The zero-order valence-corrected chi connectivity index (χ0v) is 32.0. The number of benzene rings is 3. The average Bonchev–Trinajstić information content (AvgIpc) is 3.48. The molecule has 52 heavy (non-hydrogen) atoms. The molecule has 0 saturated heterocycles. The van der Waals surface area contributed by atoms with E-state index in [0.29, 0.717) is 39.0 Å². The molecule has 4 aromatic rings. The zero-order chi connectivity index (χ0) is 37.6. The van der Waals surface area contributed by atoms with Gasteiger partial charge in [-0.2, -0.15) is 0 Å². The number of hydrogen-bond donors (Lipinski definition) is 3. The van der Waals surface area contributed by atoms with Crippen LogP contribution in [-0.2, 0) is 27.2 Å². The number of carbonyl (C=O) groups excluding carboxylic acids is 4. The summed E-state index contributed by atoms with van der Waals surface area (Å²) in [4.78, 5) is 55.1. The highest BCUT2D eigenvalue weighted by Gasteiger charge is 2.35.